The van der Waals surface area contributed by atoms with Gasteiger partial charge in [-0.2, -0.15) is 0 Å². The Morgan fingerprint density at radius 3 is 2.29 bits per heavy atom. The minimum atomic E-state index is -0.171. The van der Waals surface area contributed by atoms with Gasteiger partial charge in [0.1, 0.15) is 6.04 Å². The molecule has 2 rings (SSSR count). The van der Waals surface area contributed by atoms with E-state index < -0.39 is 0 Å². The van der Waals surface area contributed by atoms with Gasteiger partial charge in [0.05, 0.1) is 0 Å². The molecule has 24 heavy (non-hydrogen) atoms. The quantitative estimate of drug-likeness (QED) is 0.870. The summed E-state index contributed by atoms with van der Waals surface area (Å²) in [5, 5.41) is 3.47. The number of amides is 1. The molecule has 1 N–H and O–H groups in total. The molecule has 1 saturated heterocycles. The summed E-state index contributed by atoms with van der Waals surface area (Å²) in [6.07, 6.45) is 0. The Bertz CT molecular complexity index is 522. The van der Waals surface area contributed by atoms with Gasteiger partial charge in [-0.15, -0.1) is 0 Å². The predicted molar refractivity (Wildman–Crippen MR) is 100 cm³/mol. The number of carbonyl (C=O) groups excluding carboxylic acids is 1. The Kier molecular flexibility index (Phi) is 6.81. The zero-order valence-electron chi connectivity index (χ0n) is 15.9. The van der Waals surface area contributed by atoms with Crippen LogP contribution in [0.4, 0.5) is 0 Å². The van der Waals surface area contributed by atoms with E-state index in [2.05, 4.69) is 69.1 Å². The van der Waals surface area contributed by atoms with Gasteiger partial charge in [-0.25, -0.2) is 0 Å². The van der Waals surface area contributed by atoms with Crippen LogP contribution in [-0.4, -0.2) is 54.5 Å². The molecular weight excluding hydrogens is 298 g/mol. The van der Waals surface area contributed by atoms with E-state index in [1.54, 1.807) is 0 Å². The molecule has 2 atom stereocenters. The molecule has 1 aromatic rings. The smallest absolute Gasteiger partial charge is 0.244 e. The van der Waals surface area contributed by atoms with Crippen LogP contribution in [0.5, 0.6) is 0 Å². The first-order valence-electron chi connectivity index (χ1n) is 9.33. The fraction of sp³-hybridized carbons (Fsp3) is 0.650. The van der Waals surface area contributed by atoms with Crippen LogP contribution in [0.15, 0.2) is 24.3 Å². The minimum absolute atomic E-state index is 0.171. The number of hydrogen-bond acceptors (Lipinski definition) is 3. The highest BCUT2D eigenvalue weighted by atomic mass is 16.2. The molecule has 0 aliphatic carbocycles. The third-order valence-corrected chi connectivity index (χ3v) is 4.99. The van der Waals surface area contributed by atoms with Crippen molar-refractivity contribution >= 4 is 5.91 Å². The van der Waals surface area contributed by atoms with Gasteiger partial charge in [0, 0.05) is 38.8 Å². The average Bonchev–Trinajstić information content (AvgIpc) is 2.57. The third kappa shape index (κ3) is 4.37. The largest absolute Gasteiger partial charge is 0.342 e. The SMILES string of the molecule is CCN(CC)C(=O)C(c1ccc(C(C)C)cc1)N1CCNC(C)C1. The van der Waals surface area contributed by atoms with Crippen molar-refractivity contribution in [3.8, 4) is 0 Å². The van der Waals surface area contributed by atoms with Crippen molar-refractivity contribution in [1.29, 1.82) is 0 Å². The van der Waals surface area contributed by atoms with Crippen LogP contribution in [0.3, 0.4) is 0 Å². The lowest BCUT2D eigenvalue weighted by molar-refractivity contribution is -0.137. The van der Waals surface area contributed by atoms with Crippen LogP contribution in [0, 0.1) is 0 Å². The summed E-state index contributed by atoms with van der Waals surface area (Å²) in [5.74, 6) is 0.738. The highest BCUT2D eigenvalue weighted by Crippen LogP contribution is 2.26. The molecule has 0 bridgehead atoms. The summed E-state index contributed by atoms with van der Waals surface area (Å²) in [6.45, 7) is 15.0. The van der Waals surface area contributed by atoms with Crippen molar-refractivity contribution in [2.45, 2.75) is 52.6 Å². The van der Waals surface area contributed by atoms with E-state index in [1.165, 1.54) is 5.56 Å². The molecule has 0 aromatic heterocycles. The second-order valence-electron chi connectivity index (χ2n) is 7.08. The van der Waals surface area contributed by atoms with Crippen molar-refractivity contribution < 1.29 is 4.79 Å². The molecule has 4 heteroatoms. The maximum Gasteiger partial charge on any atom is 0.244 e. The van der Waals surface area contributed by atoms with Gasteiger partial charge in [0.25, 0.3) is 0 Å². The monoisotopic (exact) mass is 331 g/mol. The Hall–Kier alpha value is -1.39. The summed E-state index contributed by atoms with van der Waals surface area (Å²) in [7, 11) is 0. The molecule has 1 heterocycles. The van der Waals surface area contributed by atoms with Crippen LogP contribution in [0.1, 0.15) is 57.7 Å². The van der Waals surface area contributed by atoms with Gasteiger partial charge in [0.2, 0.25) is 5.91 Å². The number of likely N-dealkylation sites (N-methyl/N-ethyl adjacent to an activating group) is 1. The van der Waals surface area contributed by atoms with Gasteiger partial charge >= 0.3 is 0 Å². The molecule has 0 spiro atoms. The zero-order valence-corrected chi connectivity index (χ0v) is 15.9. The molecule has 4 nitrogen and oxygen atoms in total. The lowest BCUT2D eigenvalue weighted by Crippen LogP contribution is -2.53. The van der Waals surface area contributed by atoms with Crippen LogP contribution in [0.25, 0.3) is 0 Å². The Labute approximate surface area is 147 Å². The summed E-state index contributed by atoms with van der Waals surface area (Å²) >= 11 is 0. The normalized spacial score (nSPS) is 20.2. The number of nitrogens with one attached hydrogen (secondary N) is 1. The summed E-state index contributed by atoms with van der Waals surface area (Å²) < 4.78 is 0. The summed E-state index contributed by atoms with van der Waals surface area (Å²) in [6, 6.07) is 8.89. The number of nitrogens with zero attached hydrogens (tertiary/aromatic N) is 2. The number of benzene rings is 1. The van der Waals surface area contributed by atoms with E-state index in [0.717, 1.165) is 38.3 Å². The molecule has 1 aliphatic heterocycles. The van der Waals surface area contributed by atoms with Crippen LogP contribution >= 0.6 is 0 Å². The second-order valence-corrected chi connectivity index (χ2v) is 7.08. The Morgan fingerprint density at radius 1 is 1.21 bits per heavy atom. The summed E-state index contributed by atoms with van der Waals surface area (Å²) in [5.41, 5.74) is 2.44. The fourth-order valence-electron chi connectivity index (χ4n) is 3.48. The summed E-state index contributed by atoms with van der Waals surface area (Å²) in [4.78, 5) is 17.5. The molecule has 1 amide bonds. The standard InChI is InChI=1S/C20H33N3O/c1-6-22(7-2)20(24)19(23-13-12-21-16(5)14-23)18-10-8-17(9-11-18)15(3)4/h8-11,15-16,19,21H,6-7,12-14H2,1-5H3. The Balaban J connectivity index is 2.32. The first-order chi connectivity index (χ1) is 11.5. The molecule has 2 unspecified atom stereocenters. The molecule has 1 fully saturated rings. The maximum absolute atomic E-state index is 13.2. The lowest BCUT2D eigenvalue weighted by atomic mass is 9.97. The molecule has 0 saturated carbocycles. The van der Waals surface area contributed by atoms with Gasteiger partial charge in [-0.05, 0) is 37.8 Å². The number of carbonyl (C=O) groups is 1. The topological polar surface area (TPSA) is 35.6 Å². The van der Waals surface area contributed by atoms with Crippen LogP contribution in [-0.2, 0) is 4.79 Å². The number of hydrogen-bond donors (Lipinski definition) is 1. The third-order valence-electron chi connectivity index (χ3n) is 4.99. The van der Waals surface area contributed by atoms with Crippen molar-refractivity contribution in [2.24, 2.45) is 0 Å². The van der Waals surface area contributed by atoms with Gasteiger partial charge < -0.3 is 10.2 Å². The molecule has 0 radical (unpaired) electrons. The van der Waals surface area contributed by atoms with Crippen molar-refractivity contribution in [1.82, 2.24) is 15.1 Å². The van der Waals surface area contributed by atoms with Gasteiger partial charge in [-0.1, -0.05) is 38.1 Å². The fourth-order valence-corrected chi connectivity index (χ4v) is 3.48. The minimum Gasteiger partial charge on any atom is -0.342 e. The average molecular weight is 332 g/mol. The van der Waals surface area contributed by atoms with Crippen molar-refractivity contribution in [2.75, 3.05) is 32.7 Å². The molecule has 1 aromatic carbocycles. The number of piperazine rings is 1. The first kappa shape index (κ1) is 18.9. The van der Waals surface area contributed by atoms with E-state index in [-0.39, 0.29) is 11.9 Å². The lowest BCUT2D eigenvalue weighted by Gasteiger charge is -2.39. The van der Waals surface area contributed by atoms with Crippen LogP contribution in [0.2, 0.25) is 0 Å². The van der Waals surface area contributed by atoms with Crippen LogP contribution < -0.4 is 5.32 Å². The van der Waals surface area contributed by atoms with E-state index in [4.69, 9.17) is 0 Å². The molecule has 1 aliphatic rings. The van der Waals surface area contributed by atoms with Gasteiger partial charge in [0.15, 0.2) is 0 Å². The maximum atomic E-state index is 13.2. The van der Waals surface area contributed by atoms with E-state index in [0.29, 0.717) is 12.0 Å². The van der Waals surface area contributed by atoms with E-state index in [1.807, 2.05) is 4.90 Å². The first-order valence-corrected chi connectivity index (χ1v) is 9.33. The zero-order chi connectivity index (χ0) is 17.7. The molecular formula is C20H33N3O. The van der Waals surface area contributed by atoms with E-state index in [9.17, 15) is 4.79 Å². The highest BCUT2D eigenvalue weighted by Gasteiger charge is 2.32. The predicted octanol–water partition coefficient (Wildman–Crippen LogP) is 3.01. The molecule has 134 valence electrons. The van der Waals surface area contributed by atoms with E-state index >= 15 is 0 Å². The van der Waals surface area contributed by atoms with Crippen molar-refractivity contribution in [3.05, 3.63) is 35.4 Å². The number of rotatable bonds is 6. The Morgan fingerprint density at radius 2 is 1.79 bits per heavy atom. The van der Waals surface area contributed by atoms with Gasteiger partial charge in [-0.3, -0.25) is 9.69 Å². The highest BCUT2D eigenvalue weighted by molar-refractivity contribution is 5.83. The second kappa shape index (κ2) is 8.63. The van der Waals surface area contributed by atoms with Crippen molar-refractivity contribution in [3.63, 3.8) is 0 Å².